The Morgan fingerprint density at radius 1 is 1.37 bits per heavy atom. The highest BCUT2D eigenvalue weighted by atomic mass is 16.5. The molecule has 1 aromatic carbocycles. The van der Waals surface area contributed by atoms with E-state index >= 15 is 0 Å². The van der Waals surface area contributed by atoms with Crippen molar-refractivity contribution in [3.63, 3.8) is 0 Å². The fraction of sp³-hybridized carbons (Fsp3) is 0.350. The number of aryl methyl sites for hydroxylation is 3. The van der Waals surface area contributed by atoms with Crippen LogP contribution in [0.15, 0.2) is 46.1 Å². The van der Waals surface area contributed by atoms with Crippen LogP contribution < -0.4 is 15.7 Å². The average molecular weight is 369 g/mol. The molecular weight excluding hydrogens is 346 g/mol. The van der Waals surface area contributed by atoms with E-state index in [1.165, 1.54) is 6.07 Å². The van der Waals surface area contributed by atoms with Gasteiger partial charge in [-0.25, -0.2) is 9.78 Å². The lowest BCUT2D eigenvalue weighted by molar-refractivity contribution is -0.127. The normalized spacial score (nSPS) is 12.1. The van der Waals surface area contributed by atoms with Gasteiger partial charge < -0.3 is 19.0 Å². The fourth-order valence-electron chi connectivity index (χ4n) is 2.91. The molecule has 0 saturated carbocycles. The van der Waals surface area contributed by atoms with Crippen LogP contribution in [0.25, 0.3) is 11.0 Å². The highest BCUT2D eigenvalue weighted by molar-refractivity contribution is 5.85. The zero-order valence-electron chi connectivity index (χ0n) is 15.7. The van der Waals surface area contributed by atoms with E-state index in [1.807, 2.05) is 30.7 Å². The lowest BCUT2D eigenvalue weighted by atomic mass is 10.1. The van der Waals surface area contributed by atoms with Crippen molar-refractivity contribution in [3.8, 4) is 5.75 Å². The highest BCUT2D eigenvalue weighted by Gasteiger charge is 2.17. The monoisotopic (exact) mass is 369 g/mol. The third-order valence-electron chi connectivity index (χ3n) is 4.44. The summed E-state index contributed by atoms with van der Waals surface area (Å²) in [5.74, 6) is 0.336. The number of benzene rings is 1. The van der Waals surface area contributed by atoms with E-state index in [1.54, 1.807) is 25.5 Å². The molecule has 1 N–H and O–H groups in total. The summed E-state index contributed by atoms with van der Waals surface area (Å²) in [6.07, 6.45) is 5.50. The number of amides is 1. The van der Waals surface area contributed by atoms with Crippen LogP contribution in [-0.2, 0) is 11.3 Å². The topological polar surface area (TPSA) is 86.4 Å². The third kappa shape index (κ3) is 4.36. The maximum absolute atomic E-state index is 12.3. The Labute approximate surface area is 157 Å². The summed E-state index contributed by atoms with van der Waals surface area (Å²) in [5.41, 5.74) is 1.64. The van der Waals surface area contributed by atoms with Crippen molar-refractivity contribution >= 4 is 16.9 Å². The van der Waals surface area contributed by atoms with Gasteiger partial charge in [-0.3, -0.25) is 4.79 Å². The van der Waals surface area contributed by atoms with Gasteiger partial charge in [0, 0.05) is 42.5 Å². The zero-order chi connectivity index (χ0) is 19.4. The number of imidazole rings is 1. The second kappa shape index (κ2) is 8.07. The first kappa shape index (κ1) is 18.7. The van der Waals surface area contributed by atoms with E-state index in [9.17, 15) is 9.59 Å². The summed E-state index contributed by atoms with van der Waals surface area (Å²) in [4.78, 5) is 27.9. The van der Waals surface area contributed by atoms with Crippen LogP contribution in [-0.4, -0.2) is 28.1 Å². The van der Waals surface area contributed by atoms with Crippen molar-refractivity contribution in [3.05, 3.63) is 58.5 Å². The van der Waals surface area contributed by atoms with Crippen molar-refractivity contribution < 1.29 is 13.9 Å². The van der Waals surface area contributed by atoms with Crippen molar-refractivity contribution in [1.82, 2.24) is 14.9 Å². The van der Waals surface area contributed by atoms with Crippen molar-refractivity contribution in [2.75, 3.05) is 6.54 Å². The van der Waals surface area contributed by atoms with Gasteiger partial charge in [-0.05, 0) is 44.9 Å². The van der Waals surface area contributed by atoms with Crippen molar-refractivity contribution in [2.24, 2.45) is 0 Å². The van der Waals surface area contributed by atoms with Gasteiger partial charge in [-0.1, -0.05) is 0 Å². The average Bonchev–Trinajstić information content (AvgIpc) is 3.14. The molecule has 0 aliphatic carbocycles. The summed E-state index contributed by atoms with van der Waals surface area (Å²) in [7, 11) is 0. The Kier molecular flexibility index (Phi) is 5.59. The quantitative estimate of drug-likeness (QED) is 0.511. The van der Waals surface area contributed by atoms with E-state index in [2.05, 4.69) is 10.3 Å². The molecule has 27 heavy (non-hydrogen) atoms. The molecule has 7 nitrogen and oxygen atoms in total. The van der Waals surface area contributed by atoms with Gasteiger partial charge in [0.05, 0.1) is 6.33 Å². The third-order valence-corrected chi connectivity index (χ3v) is 4.44. The number of nitrogens with zero attached hydrogens (tertiary/aromatic N) is 2. The summed E-state index contributed by atoms with van der Waals surface area (Å²) >= 11 is 0. The summed E-state index contributed by atoms with van der Waals surface area (Å²) in [5, 5.41) is 3.73. The first-order chi connectivity index (χ1) is 13.0. The maximum Gasteiger partial charge on any atom is 0.336 e. The number of ether oxygens (including phenoxy) is 1. The van der Waals surface area contributed by atoms with Gasteiger partial charge in [0.15, 0.2) is 6.10 Å². The highest BCUT2D eigenvalue weighted by Crippen LogP contribution is 2.28. The number of rotatable bonds is 7. The van der Waals surface area contributed by atoms with E-state index < -0.39 is 11.7 Å². The summed E-state index contributed by atoms with van der Waals surface area (Å²) < 4.78 is 13.1. The molecule has 0 saturated heterocycles. The number of carbonyl (C=O) groups excluding carboxylic acids is 1. The number of carbonyl (C=O) groups is 1. The van der Waals surface area contributed by atoms with Crippen molar-refractivity contribution in [2.45, 2.75) is 39.8 Å². The Morgan fingerprint density at radius 3 is 2.93 bits per heavy atom. The minimum atomic E-state index is -0.661. The Balaban J connectivity index is 1.61. The minimum absolute atomic E-state index is 0.189. The molecule has 0 aliphatic rings. The molecule has 3 rings (SSSR count). The molecule has 7 heteroatoms. The van der Waals surface area contributed by atoms with Crippen LogP contribution in [0.3, 0.4) is 0 Å². The molecular formula is C20H23N3O4. The largest absolute Gasteiger partial charge is 0.480 e. The van der Waals surface area contributed by atoms with Crippen molar-refractivity contribution in [1.29, 1.82) is 0 Å². The van der Waals surface area contributed by atoms with Crippen LogP contribution in [0, 0.1) is 13.8 Å². The number of hydrogen-bond acceptors (Lipinski definition) is 5. The number of hydrogen-bond donors (Lipinski definition) is 1. The molecule has 0 radical (unpaired) electrons. The second-order valence-corrected chi connectivity index (χ2v) is 6.52. The second-order valence-electron chi connectivity index (χ2n) is 6.52. The minimum Gasteiger partial charge on any atom is -0.480 e. The number of nitrogens with one attached hydrogen (secondary N) is 1. The molecule has 3 aromatic rings. The SMILES string of the molecule is Cc1cc(=O)oc2c(C)c(O[C@H](C)C(=O)NCCCn3ccnc3)ccc12. The number of fused-ring (bicyclic) bond motifs is 1. The van der Waals surface area contributed by atoms with Gasteiger partial charge in [0.2, 0.25) is 0 Å². The molecule has 142 valence electrons. The predicted octanol–water partition coefficient (Wildman–Crippen LogP) is 2.58. The lowest BCUT2D eigenvalue weighted by Crippen LogP contribution is -2.37. The molecule has 0 spiro atoms. The van der Waals surface area contributed by atoms with E-state index in [0.717, 1.165) is 23.9 Å². The van der Waals surface area contributed by atoms with Gasteiger partial charge in [0.1, 0.15) is 11.3 Å². The standard InChI is InChI=1S/C20H23N3O4/c1-13-11-18(24)27-19-14(2)17(6-5-16(13)19)26-15(3)20(25)22-7-4-9-23-10-8-21-12-23/h5-6,8,10-12,15H,4,7,9H2,1-3H3,(H,22,25)/t15-/m1/s1. The van der Waals surface area contributed by atoms with Crippen LogP contribution in [0.1, 0.15) is 24.5 Å². The molecule has 0 fully saturated rings. The Hall–Kier alpha value is -3.09. The first-order valence-electron chi connectivity index (χ1n) is 8.90. The summed E-state index contributed by atoms with van der Waals surface area (Å²) in [6, 6.07) is 5.10. The van der Waals surface area contributed by atoms with E-state index in [4.69, 9.17) is 9.15 Å². The number of aromatic nitrogens is 2. The maximum atomic E-state index is 12.3. The summed E-state index contributed by atoms with van der Waals surface area (Å²) in [6.45, 7) is 6.71. The van der Waals surface area contributed by atoms with E-state index in [0.29, 0.717) is 23.4 Å². The predicted molar refractivity (Wildman–Crippen MR) is 102 cm³/mol. The molecule has 0 bridgehead atoms. The lowest BCUT2D eigenvalue weighted by Gasteiger charge is -2.17. The van der Waals surface area contributed by atoms with Crippen LogP contribution in [0.2, 0.25) is 0 Å². The van der Waals surface area contributed by atoms with E-state index in [-0.39, 0.29) is 5.91 Å². The Bertz CT molecular complexity index is 992. The molecule has 2 heterocycles. The Morgan fingerprint density at radius 2 is 2.19 bits per heavy atom. The van der Waals surface area contributed by atoms with Gasteiger partial charge in [-0.2, -0.15) is 0 Å². The smallest absolute Gasteiger partial charge is 0.336 e. The molecule has 0 aliphatic heterocycles. The van der Waals surface area contributed by atoms with Crippen LogP contribution >= 0.6 is 0 Å². The first-order valence-corrected chi connectivity index (χ1v) is 8.90. The molecule has 1 atom stereocenters. The van der Waals surface area contributed by atoms with Crippen LogP contribution in [0.4, 0.5) is 0 Å². The zero-order valence-corrected chi connectivity index (χ0v) is 15.7. The molecule has 2 aromatic heterocycles. The fourth-order valence-corrected chi connectivity index (χ4v) is 2.91. The van der Waals surface area contributed by atoms with Gasteiger partial charge in [0.25, 0.3) is 5.91 Å². The van der Waals surface area contributed by atoms with Gasteiger partial charge >= 0.3 is 5.63 Å². The molecule has 1 amide bonds. The van der Waals surface area contributed by atoms with Gasteiger partial charge in [-0.15, -0.1) is 0 Å². The van der Waals surface area contributed by atoms with Crippen LogP contribution in [0.5, 0.6) is 5.75 Å². The molecule has 0 unspecified atom stereocenters.